The van der Waals surface area contributed by atoms with E-state index in [2.05, 4.69) is 10.3 Å². The van der Waals surface area contributed by atoms with Crippen LogP contribution in [-0.4, -0.2) is 35.8 Å². The number of hydrogen-bond donors (Lipinski definition) is 2. The predicted octanol–water partition coefficient (Wildman–Crippen LogP) is 1.55. The summed E-state index contributed by atoms with van der Waals surface area (Å²) in [6, 6.07) is 4.46. The van der Waals surface area contributed by atoms with Crippen LogP contribution in [0.1, 0.15) is 24.1 Å². The van der Waals surface area contributed by atoms with E-state index >= 15 is 0 Å². The number of carboxylic acids is 1. The molecule has 1 aromatic heterocycles. The molecule has 1 aromatic rings. The van der Waals surface area contributed by atoms with Crippen molar-refractivity contribution >= 4 is 11.8 Å². The first kappa shape index (κ1) is 14.9. The highest BCUT2D eigenvalue weighted by molar-refractivity contribution is 5.76. The lowest BCUT2D eigenvalue weighted by Gasteiger charge is -2.15. The Hall–Kier alpha value is -2.13. The molecule has 6 nitrogen and oxygen atoms in total. The zero-order chi connectivity index (χ0) is 14.3. The topological polar surface area (TPSA) is 95.2 Å². The summed E-state index contributed by atoms with van der Waals surface area (Å²) in [5, 5.41) is 20.8. The second kappa shape index (κ2) is 7.34. The molecule has 1 atom stereocenters. The van der Waals surface area contributed by atoms with Gasteiger partial charge in [0.25, 0.3) is 0 Å². The maximum Gasteiger partial charge on any atom is 0.326 e. The van der Waals surface area contributed by atoms with E-state index < -0.39 is 12.0 Å². The average Bonchev–Trinajstić information content (AvgIpc) is 2.37. The van der Waals surface area contributed by atoms with Crippen molar-refractivity contribution < 1.29 is 14.6 Å². The van der Waals surface area contributed by atoms with E-state index in [0.29, 0.717) is 36.5 Å². The molecule has 0 aromatic carbocycles. The smallest absolute Gasteiger partial charge is 0.326 e. The third-order valence-corrected chi connectivity index (χ3v) is 2.54. The molecule has 0 aliphatic heterocycles. The zero-order valence-electron chi connectivity index (χ0n) is 11.0. The highest BCUT2D eigenvalue weighted by Gasteiger charge is 2.17. The van der Waals surface area contributed by atoms with Gasteiger partial charge < -0.3 is 15.2 Å². The van der Waals surface area contributed by atoms with Crippen molar-refractivity contribution in [3.05, 3.63) is 23.4 Å². The van der Waals surface area contributed by atoms with Gasteiger partial charge in [-0.15, -0.1) is 0 Å². The Morgan fingerprint density at radius 1 is 1.63 bits per heavy atom. The third-order valence-electron chi connectivity index (χ3n) is 2.54. The van der Waals surface area contributed by atoms with Gasteiger partial charge in [0.15, 0.2) is 0 Å². The van der Waals surface area contributed by atoms with Crippen LogP contribution in [0.4, 0.5) is 5.82 Å². The Bertz CT molecular complexity index is 483. The Balaban J connectivity index is 2.76. The van der Waals surface area contributed by atoms with Gasteiger partial charge in [0.2, 0.25) is 0 Å². The Labute approximate surface area is 112 Å². The molecule has 1 rings (SSSR count). The number of aromatic nitrogens is 1. The molecule has 6 heteroatoms. The quantitative estimate of drug-likeness (QED) is 0.725. The lowest BCUT2D eigenvalue weighted by Crippen LogP contribution is -2.30. The minimum Gasteiger partial charge on any atom is -0.480 e. The van der Waals surface area contributed by atoms with Gasteiger partial charge in [-0.2, -0.15) is 5.26 Å². The maximum absolute atomic E-state index is 11.1. The van der Waals surface area contributed by atoms with Gasteiger partial charge >= 0.3 is 5.97 Å². The van der Waals surface area contributed by atoms with Crippen LogP contribution in [0, 0.1) is 18.3 Å². The number of rotatable bonds is 7. The van der Waals surface area contributed by atoms with Crippen molar-refractivity contribution in [2.45, 2.75) is 25.8 Å². The standard InChI is InChI=1S/C13H17N3O3/c1-9-6-10(8-14)7-12(15-9)16-11(13(17)18)4-3-5-19-2/h6-7,11H,3-5H2,1-2H3,(H,15,16)(H,17,18). The van der Waals surface area contributed by atoms with Crippen LogP contribution in [0.5, 0.6) is 0 Å². The van der Waals surface area contributed by atoms with Crippen LogP contribution in [-0.2, 0) is 9.53 Å². The van der Waals surface area contributed by atoms with Crippen LogP contribution in [0.15, 0.2) is 12.1 Å². The highest BCUT2D eigenvalue weighted by Crippen LogP contribution is 2.12. The number of nitriles is 1. The van der Waals surface area contributed by atoms with E-state index in [4.69, 9.17) is 15.1 Å². The number of aryl methyl sites for hydroxylation is 1. The van der Waals surface area contributed by atoms with Crippen molar-refractivity contribution in [2.75, 3.05) is 19.0 Å². The first-order valence-electron chi connectivity index (χ1n) is 5.94. The number of methoxy groups -OCH3 is 1. The first-order valence-corrected chi connectivity index (χ1v) is 5.94. The highest BCUT2D eigenvalue weighted by atomic mass is 16.5. The van der Waals surface area contributed by atoms with Crippen molar-refractivity contribution in [3.63, 3.8) is 0 Å². The van der Waals surface area contributed by atoms with Crippen LogP contribution in [0.2, 0.25) is 0 Å². The number of pyridine rings is 1. The van der Waals surface area contributed by atoms with E-state index in [1.54, 1.807) is 26.2 Å². The monoisotopic (exact) mass is 263 g/mol. The third kappa shape index (κ3) is 4.94. The maximum atomic E-state index is 11.1. The fourth-order valence-corrected chi connectivity index (χ4v) is 1.67. The summed E-state index contributed by atoms with van der Waals surface area (Å²) in [6.45, 7) is 2.27. The molecule has 0 saturated carbocycles. The number of ether oxygens (including phenoxy) is 1. The van der Waals surface area contributed by atoms with E-state index in [1.807, 2.05) is 6.07 Å². The zero-order valence-corrected chi connectivity index (χ0v) is 11.0. The molecule has 0 radical (unpaired) electrons. The summed E-state index contributed by atoms with van der Waals surface area (Å²) < 4.78 is 4.90. The molecule has 1 heterocycles. The number of anilines is 1. The normalized spacial score (nSPS) is 11.6. The van der Waals surface area contributed by atoms with Gasteiger partial charge in [-0.05, 0) is 31.9 Å². The Morgan fingerprint density at radius 2 is 2.37 bits per heavy atom. The second-order valence-corrected chi connectivity index (χ2v) is 4.16. The lowest BCUT2D eigenvalue weighted by atomic mass is 10.1. The lowest BCUT2D eigenvalue weighted by molar-refractivity contribution is -0.138. The summed E-state index contributed by atoms with van der Waals surface area (Å²) in [6.07, 6.45) is 1.07. The summed E-state index contributed by atoms with van der Waals surface area (Å²) in [7, 11) is 1.57. The molecule has 0 aliphatic rings. The van der Waals surface area contributed by atoms with Gasteiger partial charge in [0.1, 0.15) is 11.9 Å². The van der Waals surface area contributed by atoms with Gasteiger partial charge in [-0.1, -0.05) is 0 Å². The SMILES string of the molecule is COCCCC(Nc1cc(C#N)cc(C)n1)C(=O)O. The molecular formula is C13H17N3O3. The van der Waals surface area contributed by atoms with Crippen molar-refractivity contribution in [2.24, 2.45) is 0 Å². The molecule has 19 heavy (non-hydrogen) atoms. The molecule has 0 aliphatic carbocycles. The van der Waals surface area contributed by atoms with Gasteiger partial charge in [-0.25, -0.2) is 9.78 Å². The molecule has 102 valence electrons. The predicted molar refractivity (Wildman–Crippen MR) is 69.8 cm³/mol. The van der Waals surface area contributed by atoms with Crippen molar-refractivity contribution in [1.82, 2.24) is 4.98 Å². The number of aliphatic carboxylic acids is 1. The van der Waals surface area contributed by atoms with Crippen LogP contribution in [0.25, 0.3) is 0 Å². The molecule has 0 spiro atoms. The van der Waals surface area contributed by atoms with Crippen molar-refractivity contribution in [1.29, 1.82) is 5.26 Å². The minimum absolute atomic E-state index is 0.404. The van der Waals surface area contributed by atoms with Crippen LogP contribution >= 0.6 is 0 Å². The van der Waals surface area contributed by atoms with Crippen LogP contribution in [0.3, 0.4) is 0 Å². The van der Waals surface area contributed by atoms with E-state index in [9.17, 15) is 4.79 Å². The second-order valence-electron chi connectivity index (χ2n) is 4.16. The molecule has 0 amide bonds. The molecule has 1 unspecified atom stereocenters. The minimum atomic E-state index is -0.946. The molecule has 0 bridgehead atoms. The summed E-state index contributed by atoms with van der Waals surface area (Å²) in [5.41, 5.74) is 1.12. The summed E-state index contributed by atoms with van der Waals surface area (Å²) in [4.78, 5) is 15.3. The number of carboxylic acid groups (broad SMARTS) is 1. The summed E-state index contributed by atoms with van der Waals surface area (Å²) in [5.74, 6) is -0.542. The summed E-state index contributed by atoms with van der Waals surface area (Å²) >= 11 is 0. The number of nitrogens with zero attached hydrogens (tertiary/aromatic N) is 2. The van der Waals surface area contributed by atoms with Gasteiger partial charge in [-0.3, -0.25) is 0 Å². The average molecular weight is 263 g/mol. The number of hydrogen-bond acceptors (Lipinski definition) is 5. The fourth-order valence-electron chi connectivity index (χ4n) is 1.67. The number of carbonyl (C=O) groups is 1. The van der Waals surface area contributed by atoms with E-state index in [-0.39, 0.29) is 0 Å². The van der Waals surface area contributed by atoms with Gasteiger partial charge in [0, 0.05) is 19.4 Å². The molecular weight excluding hydrogens is 246 g/mol. The van der Waals surface area contributed by atoms with E-state index in [0.717, 1.165) is 0 Å². The largest absolute Gasteiger partial charge is 0.480 e. The molecule has 2 N–H and O–H groups in total. The molecule has 0 saturated heterocycles. The van der Waals surface area contributed by atoms with Gasteiger partial charge in [0.05, 0.1) is 11.6 Å². The van der Waals surface area contributed by atoms with E-state index in [1.165, 1.54) is 0 Å². The van der Waals surface area contributed by atoms with Crippen LogP contribution < -0.4 is 5.32 Å². The first-order chi connectivity index (χ1) is 9.06. The fraction of sp³-hybridized carbons (Fsp3) is 0.462. The van der Waals surface area contributed by atoms with Crippen molar-refractivity contribution in [3.8, 4) is 6.07 Å². The molecule has 0 fully saturated rings. The Morgan fingerprint density at radius 3 is 2.95 bits per heavy atom. The Kier molecular flexibility index (Phi) is 5.76. The number of nitrogens with one attached hydrogen (secondary N) is 1.